The van der Waals surface area contributed by atoms with Crippen molar-refractivity contribution in [2.24, 2.45) is 0 Å². The van der Waals surface area contributed by atoms with Crippen LogP contribution in [0.3, 0.4) is 0 Å². The number of rotatable bonds is 6. The third-order valence-corrected chi connectivity index (χ3v) is 3.23. The second kappa shape index (κ2) is 6.71. The van der Waals surface area contributed by atoms with Crippen LogP contribution in [-0.2, 0) is 11.3 Å². The van der Waals surface area contributed by atoms with E-state index in [1.165, 1.54) is 0 Å². The van der Waals surface area contributed by atoms with Gasteiger partial charge in [-0.3, -0.25) is 4.79 Å². The number of amides is 1. The first kappa shape index (κ1) is 15.7. The second-order valence-corrected chi connectivity index (χ2v) is 5.67. The second-order valence-electron chi connectivity index (χ2n) is 5.67. The third kappa shape index (κ3) is 4.35. The Balaban J connectivity index is 2.86. The third-order valence-electron chi connectivity index (χ3n) is 3.23. The molecule has 3 heteroatoms. The van der Waals surface area contributed by atoms with E-state index in [0.29, 0.717) is 6.54 Å². The minimum atomic E-state index is -0.520. The number of likely N-dealkylation sites (N-methyl/N-ethyl adjacent to an activating group) is 1. The van der Waals surface area contributed by atoms with Gasteiger partial charge in [-0.2, -0.15) is 0 Å². The molecule has 0 fully saturated rings. The predicted molar refractivity (Wildman–Crippen MR) is 79.9 cm³/mol. The molecular weight excluding hydrogens is 236 g/mol. The van der Waals surface area contributed by atoms with Gasteiger partial charge in [-0.1, -0.05) is 37.3 Å². The van der Waals surface area contributed by atoms with Crippen LogP contribution in [0.25, 0.3) is 0 Å². The van der Waals surface area contributed by atoms with Crippen LogP contribution in [0.2, 0.25) is 0 Å². The summed E-state index contributed by atoms with van der Waals surface area (Å²) in [4.78, 5) is 14.6. The first-order valence-corrected chi connectivity index (χ1v) is 6.98. The number of benzene rings is 1. The number of nitrogens with zero attached hydrogens (tertiary/aromatic N) is 1. The number of carbonyl (C=O) groups is 1. The van der Waals surface area contributed by atoms with E-state index in [9.17, 15) is 4.79 Å². The van der Waals surface area contributed by atoms with Gasteiger partial charge in [0.2, 0.25) is 5.91 Å². The molecule has 1 aromatic carbocycles. The van der Waals surface area contributed by atoms with Crippen molar-refractivity contribution in [3.8, 4) is 0 Å². The lowest BCUT2D eigenvalue weighted by atomic mass is 10.0. The van der Waals surface area contributed by atoms with E-state index < -0.39 is 5.54 Å². The van der Waals surface area contributed by atoms with Gasteiger partial charge < -0.3 is 10.2 Å². The number of hydrogen-bond acceptors (Lipinski definition) is 2. The largest absolute Gasteiger partial charge is 0.334 e. The molecule has 0 aromatic heterocycles. The van der Waals surface area contributed by atoms with E-state index in [2.05, 4.69) is 31.3 Å². The topological polar surface area (TPSA) is 32.3 Å². The molecule has 0 heterocycles. The van der Waals surface area contributed by atoms with E-state index in [1.807, 2.05) is 43.9 Å². The SMILES string of the molecule is CCNC(C)(C)C(=O)N(Cc1ccccc1)C(C)C. The summed E-state index contributed by atoms with van der Waals surface area (Å²) in [5, 5.41) is 3.25. The maximum absolute atomic E-state index is 12.7. The summed E-state index contributed by atoms with van der Waals surface area (Å²) >= 11 is 0. The molecular formula is C16H26N2O. The molecule has 0 saturated heterocycles. The van der Waals surface area contributed by atoms with E-state index in [4.69, 9.17) is 0 Å². The van der Waals surface area contributed by atoms with Crippen molar-refractivity contribution in [2.75, 3.05) is 6.54 Å². The van der Waals surface area contributed by atoms with Gasteiger partial charge in [0.15, 0.2) is 0 Å². The normalized spacial score (nSPS) is 11.7. The Bertz CT molecular complexity index is 398. The Labute approximate surface area is 117 Å². The fourth-order valence-electron chi connectivity index (χ4n) is 2.15. The van der Waals surface area contributed by atoms with E-state index in [1.54, 1.807) is 0 Å². The Morgan fingerprint density at radius 3 is 2.32 bits per heavy atom. The summed E-state index contributed by atoms with van der Waals surface area (Å²) in [6.07, 6.45) is 0. The molecule has 0 unspecified atom stereocenters. The predicted octanol–water partition coefficient (Wildman–Crippen LogP) is 2.81. The van der Waals surface area contributed by atoms with E-state index in [-0.39, 0.29) is 11.9 Å². The van der Waals surface area contributed by atoms with Gasteiger partial charge in [0.05, 0.1) is 5.54 Å². The molecule has 106 valence electrons. The molecule has 0 saturated carbocycles. The average molecular weight is 262 g/mol. The zero-order valence-electron chi connectivity index (χ0n) is 12.7. The molecule has 1 N–H and O–H groups in total. The summed E-state index contributed by atoms with van der Waals surface area (Å²) in [5.74, 6) is 0.146. The van der Waals surface area contributed by atoms with Crippen molar-refractivity contribution >= 4 is 5.91 Å². The molecule has 19 heavy (non-hydrogen) atoms. The van der Waals surface area contributed by atoms with Crippen LogP contribution < -0.4 is 5.32 Å². The average Bonchev–Trinajstić information content (AvgIpc) is 2.36. The smallest absolute Gasteiger partial charge is 0.242 e. The summed E-state index contributed by atoms with van der Waals surface area (Å²) in [6, 6.07) is 10.3. The first-order chi connectivity index (χ1) is 8.88. The van der Waals surface area contributed by atoms with Gasteiger partial charge >= 0.3 is 0 Å². The van der Waals surface area contributed by atoms with E-state index in [0.717, 1.165) is 12.1 Å². The molecule has 0 bridgehead atoms. The molecule has 1 rings (SSSR count). The first-order valence-electron chi connectivity index (χ1n) is 6.98. The van der Waals surface area contributed by atoms with Crippen LogP contribution in [0, 0.1) is 0 Å². The molecule has 0 aliphatic carbocycles. The highest BCUT2D eigenvalue weighted by Gasteiger charge is 2.32. The van der Waals surface area contributed by atoms with Crippen LogP contribution in [0.5, 0.6) is 0 Å². The van der Waals surface area contributed by atoms with Crippen molar-refractivity contribution < 1.29 is 4.79 Å². The minimum absolute atomic E-state index is 0.146. The lowest BCUT2D eigenvalue weighted by molar-refractivity contribution is -0.139. The van der Waals surface area contributed by atoms with Crippen molar-refractivity contribution in [3.05, 3.63) is 35.9 Å². The lowest BCUT2D eigenvalue weighted by Crippen LogP contribution is -2.55. The van der Waals surface area contributed by atoms with Gasteiger partial charge in [0.25, 0.3) is 0 Å². The van der Waals surface area contributed by atoms with Crippen LogP contribution in [0.15, 0.2) is 30.3 Å². The van der Waals surface area contributed by atoms with Crippen LogP contribution >= 0.6 is 0 Å². The Morgan fingerprint density at radius 2 is 1.84 bits per heavy atom. The van der Waals surface area contributed by atoms with Gasteiger partial charge in [0, 0.05) is 12.6 Å². The van der Waals surface area contributed by atoms with Crippen molar-refractivity contribution in [2.45, 2.75) is 52.7 Å². The highest BCUT2D eigenvalue weighted by atomic mass is 16.2. The molecule has 0 aliphatic heterocycles. The van der Waals surface area contributed by atoms with Crippen LogP contribution in [-0.4, -0.2) is 28.9 Å². The molecule has 0 atom stereocenters. The fourth-order valence-corrected chi connectivity index (χ4v) is 2.15. The zero-order chi connectivity index (χ0) is 14.5. The van der Waals surface area contributed by atoms with Crippen molar-refractivity contribution in [1.29, 1.82) is 0 Å². The van der Waals surface area contributed by atoms with Crippen LogP contribution in [0.1, 0.15) is 40.2 Å². The number of hydrogen-bond donors (Lipinski definition) is 1. The number of carbonyl (C=O) groups excluding carboxylic acids is 1. The van der Waals surface area contributed by atoms with Gasteiger partial charge in [-0.25, -0.2) is 0 Å². The zero-order valence-corrected chi connectivity index (χ0v) is 12.7. The highest BCUT2D eigenvalue weighted by molar-refractivity contribution is 5.85. The van der Waals surface area contributed by atoms with Crippen LogP contribution in [0.4, 0.5) is 0 Å². The lowest BCUT2D eigenvalue weighted by Gasteiger charge is -2.35. The Kier molecular flexibility index (Phi) is 5.55. The minimum Gasteiger partial charge on any atom is -0.334 e. The standard InChI is InChI=1S/C16H26N2O/c1-6-17-16(4,5)15(19)18(13(2)3)12-14-10-8-7-9-11-14/h7-11,13,17H,6,12H2,1-5H3. The number of nitrogens with one attached hydrogen (secondary N) is 1. The summed E-state index contributed by atoms with van der Waals surface area (Å²) < 4.78 is 0. The molecule has 3 nitrogen and oxygen atoms in total. The van der Waals surface area contributed by atoms with Crippen molar-refractivity contribution in [1.82, 2.24) is 10.2 Å². The quantitative estimate of drug-likeness (QED) is 0.855. The van der Waals surface area contributed by atoms with Gasteiger partial charge in [0.1, 0.15) is 0 Å². The summed E-state index contributed by atoms with van der Waals surface area (Å²) in [7, 11) is 0. The summed E-state index contributed by atoms with van der Waals surface area (Å²) in [5.41, 5.74) is 0.644. The molecule has 0 spiro atoms. The maximum Gasteiger partial charge on any atom is 0.242 e. The van der Waals surface area contributed by atoms with Gasteiger partial charge in [-0.05, 0) is 39.8 Å². The maximum atomic E-state index is 12.7. The fraction of sp³-hybridized carbons (Fsp3) is 0.562. The summed E-state index contributed by atoms with van der Waals surface area (Å²) in [6.45, 7) is 11.5. The Hall–Kier alpha value is -1.35. The molecule has 1 amide bonds. The highest BCUT2D eigenvalue weighted by Crippen LogP contribution is 2.15. The molecule has 0 aliphatic rings. The molecule has 1 aromatic rings. The Morgan fingerprint density at radius 1 is 1.26 bits per heavy atom. The van der Waals surface area contributed by atoms with Gasteiger partial charge in [-0.15, -0.1) is 0 Å². The van der Waals surface area contributed by atoms with Crippen molar-refractivity contribution in [3.63, 3.8) is 0 Å². The van der Waals surface area contributed by atoms with E-state index >= 15 is 0 Å². The monoisotopic (exact) mass is 262 g/mol. The molecule has 0 radical (unpaired) electrons.